The number of aromatic nitrogens is 1. The molecule has 2 aliphatic rings. The van der Waals surface area contributed by atoms with Gasteiger partial charge in [0.1, 0.15) is 5.75 Å². The molecule has 1 saturated heterocycles. The summed E-state index contributed by atoms with van der Waals surface area (Å²) >= 11 is 0. The number of hydrogen-bond donors (Lipinski definition) is 0. The normalized spacial score (nSPS) is 19.9. The van der Waals surface area contributed by atoms with Crippen molar-refractivity contribution in [3.8, 4) is 11.5 Å². The zero-order valence-corrected chi connectivity index (χ0v) is 17.5. The Morgan fingerprint density at radius 1 is 1.21 bits per heavy atom. The minimum absolute atomic E-state index is 0.0513. The highest BCUT2D eigenvalue weighted by Crippen LogP contribution is 2.38. The van der Waals surface area contributed by atoms with Crippen LogP contribution in [0.2, 0.25) is 0 Å². The van der Waals surface area contributed by atoms with Gasteiger partial charge in [-0.25, -0.2) is 13.4 Å². The lowest BCUT2D eigenvalue weighted by molar-refractivity contribution is 0.0986. The van der Waals surface area contributed by atoms with Crippen LogP contribution in [0.5, 0.6) is 11.5 Å². The number of carbonyl (C=O) groups is 1. The number of sulfonamides is 1. The van der Waals surface area contributed by atoms with Gasteiger partial charge in [-0.1, -0.05) is 13.3 Å². The highest BCUT2D eigenvalue weighted by atomic mass is 32.2. The highest BCUT2D eigenvalue weighted by molar-refractivity contribution is 7.89. The van der Waals surface area contributed by atoms with Gasteiger partial charge in [-0.3, -0.25) is 9.69 Å². The molecule has 0 N–H and O–H groups in total. The van der Waals surface area contributed by atoms with Crippen molar-refractivity contribution >= 4 is 21.7 Å². The van der Waals surface area contributed by atoms with Gasteiger partial charge in [0, 0.05) is 25.3 Å². The molecule has 29 heavy (non-hydrogen) atoms. The second-order valence-electron chi connectivity index (χ2n) is 7.50. The molecule has 0 radical (unpaired) electrons. The molecule has 1 aromatic heterocycles. The molecule has 0 aliphatic carbocycles. The summed E-state index contributed by atoms with van der Waals surface area (Å²) in [5.41, 5.74) is 0.238. The second kappa shape index (κ2) is 7.76. The molecule has 2 aromatic rings. The maximum Gasteiger partial charge on any atom is 0.263 e. The van der Waals surface area contributed by atoms with Crippen LogP contribution in [0.4, 0.5) is 5.82 Å². The molecule has 3 heterocycles. The number of nitrogens with zero attached hydrogens (tertiary/aromatic N) is 3. The number of fused-ring (bicyclic) bond motifs is 2. The third kappa shape index (κ3) is 3.51. The molecule has 1 unspecified atom stereocenters. The summed E-state index contributed by atoms with van der Waals surface area (Å²) in [4.78, 5) is 19.3. The molecule has 4 rings (SSSR count). The Labute approximate surface area is 171 Å². The van der Waals surface area contributed by atoms with Crippen molar-refractivity contribution in [3.63, 3.8) is 0 Å². The third-order valence-electron chi connectivity index (χ3n) is 5.45. The molecular formula is C21H25N3O4S. The first-order valence-electron chi connectivity index (χ1n) is 10.0. The molecule has 0 bridgehead atoms. The largest absolute Gasteiger partial charge is 0.453 e. The van der Waals surface area contributed by atoms with Gasteiger partial charge in [-0.2, -0.15) is 4.31 Å². The van der Waals surface area contributed by atoms with Gasteiger partial charge in [-0.15, -0.1) is 0 Å². The van der Waals surface area contributed by atoms with Crippen LogP contribution in [-0.4, -0.2) is 42.7 Å². The van der Waals surface area contributed by atoms with Crippen molar-refractivity contribution in [3.05, 3.63) is 42.1 Å². The SMILES string of the molecule is CCCN1C(=O)c2cc(S(=O)(=O)N3CCCCC3C)ccc2Oc2cccnc21. The van der Waals surface area contributed by atoms with E-state index < -0.39 is 10.0 Å². The number of pyridine rings is 1. The Hall–Kier alpha value is -2.45. The van der Waals surface area contributed by atoms with E-state index in [9.17, 15) is 13.2 Å². The predicted octanol–water partition coefficient (Wildman–Crippen LogP) is 3.81. The third-order valence-corrected chi connectivity index (χ3v) is 7.46. The number of amides is 1. The lowest BCUT2D eigenvalue weighted by atomic mass is 10.1. The summed E-state index contributed by atoms with van der Waals surface area (Å²) in [6.07, 6.45) is 5.07. The van der Waals surface area contributed by atoms with Gasteiger partial charge in [0.25, 0.3) is 5.91 Å². The minimum atomic E-state index is -3.69. The standard InChI is InChI=1S/C21H25N3O4S/c1-3-12-23-20-19(8-6-11-22-20)28-18-10-9-16(14-17(18)21(23)25)29(26,27)24-13-5-4-7-15(24)2/h6,8-11,14-15H,3-5,7,12-13H2,1-2H3. The molecule has 1 fully saturated rings. The Morgan fingerprint density at radius 2 is 2.03 bits per heavy atom. The van der Waals surface area contributed by atoms with Crippen molar-refractivity contribution in [1.82, 2.24) is 9.29 Å². The van der Waals surface area contributed by atoms with E-state index in [4.69, 9.17) is 4.74 Å². The fourth-order valence-corrected chi connectivity index (χ4v) is 5.67. The first-order valence-corrected chi connectivity index (χ1v) is 11.5. The minimum Gasteiger partial charge on any atom is -0.453 e. The highest BCUT2D eigenvalue weighted by Gasteiger charge is 2.34. The number of rotatable bonds is 4. The van der Waals surface area contributed by atoms with Gasteiger partial charge in [-0.05, 0) is 56.5 Å². The molecule has 0 spiro atoms. The van der Waals surface area contributed by atoms with Gasteiger partial charge in [0.05, 0.1) is 10.5 Å². The predicted molar refractivity (Wildman–Crippen MR) is 110 cm³/mol. The number of benzene rings is 1. The molecule has 1 amide bonds. The van der Waals surface area contributed by atoms with Gasteiger partial charge in [0.15, 0.2) is 11.6 Å². The van der Waals surface area contributed by atoms with E-state index in [-0.39, 0.29) is 22.4 Å². The Balaban J connectivity index is 1.78. The van der Waals surface area contributed by atoms with Crippen LogP contribution in [0.1, 0.15) is 49.9 Å². The molecule has 2 aliphatic heterocycles. The smallest absolute Gasteiger partial charge is 0.263 e. The maximum atomic E-state index is 13.3. The topological polar surface area (TPSA) is 79.8 Å². The summed E-state index contributed by atoms with van der Waals surface area (Å²) < 4.78 is 34.0. The molecule has 1 atom stereocenters. The average molecular weight is 416 g/mol. The van der Waals surface area contributed by atoms with Crippen LogP contribution in [0.25, 0.3) is 0 Å². The van der Waals surface area contributed by atoms with Crippen LogP contribution in [0.3, 0.4) is 0 Å². The van der Waals surface area contributed by atoms with Crippen LogP contribution in [0.15, 0.2) is 41.4 Å². The average Bonchev–Trinajstić information content (AvgIpc) is 2.83. The summed E-state index contributed by atoms with van der Waals surface area (Å²) in [6, 6.07) is 7.99. The van der Waals surface area contributed by atoms with Gasteiger partial charge in [0.2, 0.25) is 10.0 Å². The number of ether oxygens (including phenoxy) is 1. The Morgan fingerprint density at radius 3 is 2.79 bits per heavy atom. The molecule has 7 nitrogen and oxygen atoms in total. The molecule has 8 heteroatoms. The fourth-order valence-electron chi connectivity index (χ4n) is 3.95. The van der Waals surface area contributed by atoms with E-state index in [2.05, 4.69) is 4.98 Å². The van der Waals surface area contributed by atoms with Crippen molar-refractivity contribution in [1.29, 1.82) is 0 Å². The first-order chi connectivity index (χ1) is 13.9. The molecule has 1 aromatic carbocycles. The zero-order chi connectivity index (χ0) is 20.6. The second-order valence-corrected chi connectivity index (χ2v) is 9.39. The first kappa shape index (κ1) is 19.8. The fraction of sp³-hybridized carbons (Fsp3) is 0.429. The number of carbonyl (C=O) groups excluding carboxylic acids is 1. The number of piperidine rings is 1. The Kier molecular flexibility index (Phi) is 5.31. The van der Waals surface area contributed by atoms with Crippen LogP contribution in [-0.2, 0) is 10.0 Å². The number of hydrogen-bond acceptors (Lipinski definition) is 5. The van der Waals surface area contributed by atoms with Crippen molar-refractivity contribution in [2.45, 2.75) is 50.5 Å². The van der Waals surface area contributed by atoms with E-state index in [0.717, 1.165) is 25.7 Å². The number of anilines is 1. The molecular weight excluding hydrogens is 390 g/mol. The lowest BCUT2D eigenvalue weighted by Crippen LogP contribution is -2.42. The quantitative estimate of drug-likeness (QED) is 0.759. The van der Waals surface area contributed by atoms with E-state index >= 15 is 0 Å². The summed E-state index contributed by atoms with van der Waals surface area (Å²) in [7, 11) is -3.69. The Bertz CT molecular complexity index is 1040. The van der Waals surface area contributed by atoms with Crippen LogP contribution < -0.4 is 9.64 Å². The van der Waals surface area contributed by atoms with Gasteiger partial charge >= 0.3 is 0 Å². The van der Waals surface area contributed by atoms with Crippen molar-refractivity contribution in [2.75, 3.05) is 18.0 Å². The van der Waals surface area contributed by atoms with Crippen molar-refractivity contribution in [2.24, 2.45) is 0 Å². The summed E-state index contributed by atoms with van der Waals surface area (Å²) in [6.45, 7) is 4.87. The van der Waals surface area contributed by atoms with Crippen LogP contribution >= 0.6 is 0 Å². The monoisotopic (exact) mass is 415 g/mol. The van der Waals surface area contributed by atoms with E-state index in [0.29, 0.717) is 30.4 Å². The maximum absolute atomic E-state index is 13.3. The lowest BCUT2D eigenvalue weighted by Gasteiger charge is -2.32. The summed E-state index contributed by atoms with van der Waals surface area (Å²) in [5.74, 6) is 0.967. The van der Waals surface area contributed by atoms with E-state index in [1.165, 1.54) is 12.1 Å². The molecule has 0 saturated carbocycles. The van der Waals surface area contributed by atoms with Crippen LogP contribution in [0, 0.1) is 0 Å². The zero-order valence-electron chi connectivity index (χ0n) is 16.7. The van der Waals surface area contributed by atoms with E-state index in [1.807, 2.05) is 13.8 Å². The molecule has 154 valence electrons. The summed E-state index contributed by atoms with van der Waals surface area (Å²) in [5, 5.41) is 0. The van der Waals surface area contributed by atoms with E-state index in [1.54, 1.807) is 33.6 Å². The van der Waals surface area contributed by atoms with Crippen molar-refractivity contribution < 1.29 is 17.9 Å². The van der Waals surface area contributed by atoms with Gasteiger partial charge < -0.3 is 4.74 Å².